The van der Waals surface area contributed by atoms with E-state index in [-0.39, 0.29) is 12.4 Å². The molecule has 2 aromatic rings. The van der Waals surface area contributed by atoms with Crippen molar-refractivity contribution in [3.63, 3.8) is 0 Å². The molecule has 0 spiro atoms. The van der Waals surface area contributed by atoms with Crippen LogP contribution in [0.2, 0.25) is 0 Å². The average molecular weight is 207 g/mol. The maximum Gasteiger partial charge on any atom is 0.152 e. The summed E-state index contributed by atoms with van der Waals surface area (Å²) >= 11 is 0. The number of benzene rings is 1. The third-order valence-electron chi connectivity index (χ3n) is 2.06. The molecule has 1 aromatic carbocycles. The van der Waals surface area contributed by atoms with Crippen molar-refractivity contribution in [2.75, 3.05) is 0 Å². The van der Waals surface area contributed by atoms with Crippen LogP contribution in [0.1, 0.15) is 11.4 Å². The van der Waals surface area contributed by atoms with Gasteiger partial charge in [0.2, 0.25) is 0 Å². The van der Waals surface area contributed by atoms with Gasteiger partial charge in [0.15, 0.2) is 5.82 Å². The summed E-state index contributed by atoms with van der Waals surface area (Å²) in [4.78, 5) is 3.86. The first kappa shape index (κ1) is 9.79. The molecule has 0 aliphatic carbocycles. The molecule has 1 N–H and O–H groups in total. The van der Waals surface area contributed by atoms with Gasteiger partial charge in [-0.05, 0) is 17.7 Å². The van der Waals surface area contributed by atoms with E-state index in [1.165, 1.54) is 23.1 Å². The van der Waals surface area contributed by atoms with Gasteiger partial charge in [0.25, 0.3) is 0 Å². The Balaban J connectivity index is 2.22. The molecule has 1 heterocycles. The fraction of sp³-hybridized carbons (Fsp3) is 0.200. The Kier molecular flexibility index (Phi) is 2.73. The number of aliphatic hydroxyl groups excluding tert-OH is 1. The van der Waals surface area contributed by atoms with Crippen LogP contribution in [0.4, 0.5) is 4.39 Å². The van der Waals surface area contributed by atoms with E-state index in [2.05, 4.69) is 10.1 Å². The van der Waals surface area contributed by atoms with Crippen LogP contribution in [0.5, 0.6) is 0 Å². The van der Waals surface area contributed by atoms with E-state index < -0.39 is 0 Å². The van der Waals surface area contributed by atoms with Crippen molar-refractivity contribution < 1.29 is 9.50 Å². The molecule has 0 fully saturated rings. The van der Waals surface area contributed by atoms with Crippen LogP contribution in [0.25, 0.3) is 0 Å². The number of aliphatic hydroxyl groups is 1. The summed E-state index contributed by atoms with van der Waals surface area (Å²) in [5.74, 6) is 0.192. The molecule has 78 valence electrons. The molecule has 15 heavy (non-hydrogen) atoms. The third kappa shape index (κ3) is 2.19. The van der Waals surface area contributed by atoms with Crippen LogP contribution in [0.3, 0.4) is 0 Å². The fourth-order valence-electron chi connectivity index (χ4n) is 1.35. The standard InChI is InChI=1S/C10H10FN3O/c11-9-3-1-2-8(4-9)5-14-10(6-15)12-7-13-14/h1-4,7,15H,5-6H2. The first-order chi connectivity index (χ1) is 7.29. The number of nitrogens with zero attached hydrogens (tertiary/aromatic N) is 3. The van der Waals surface area contributed by atoms with Crippen molar-refractivity contribution in [3.05, 3.63) is 47.8 Å². The van der Waals surface area contributed by atoms with E-state index in [0.717, 1.165) is 5.56 Å². The molecule has 0 bridgehead atoms. The summed E-state index contributed by atoms with van der Waals surface area (Å²) in [6.45, 7) is 0.239. The highest BCUT2D eigenvalue weighted by Gasteiger charge is 2.03. The number of halogens is 1. The van der Waals surface area contributed by atoms with Gasteiger partial charge in [0.05, 0.1) is 6.54 Å². The van der Waals surface area contributed by atoms with Crippen LogP contribution in [-0.2, 0) is 13.2 Å². The van der Waals surface area contributed by atoms with Gasteiger partial charge < -0.3 is 5.11 Å². The lowest BCUT2D eigenvalue weighted by molar-refractivity contribution is 0.264. The Morgan fingerprint density at radius 1 is 1.40 bits per heavy atom. The van der Waals surface area contributed by atoms with Gasteiger partial charge >= 0.3 is 0 Å². The summed E-state index contributed by atoms with van der Waals surface area (Å²) < 4.78 is 14.4. The van der Waals surface area contributed by atoms with Crippen LogP contribution in [-0.4, -0.2) is 19.9 Å². The lowest BCUT2D eigenvalue weighted by Gasteiger charge is -2.04. The van der Waals surface area contributed by atoms with Crippen LogP contribution in [0, 0.1) is 5.82 Å². The van der Waals surface area contributed by atoms with E-state index in [4.69, 9.17) is 5.11 Å². The van der Waals surface area contributed by atoms with E-state index in [1.807, 2.05) is 0 Å². The normalized spacial score (nSPS) is 10.5. The Labute approximate surface area is 86.0 Å². The van der Waals surface area contributed by atoms with Crippen molar-refractivity contribution >= 4 is 0 Å². The smallest absolute Gasteiger partial charge is 0.152 e. The third-order valence-corrected chi connectivity index (χ3v) is 2.06. The number of hydrogen-bond donors (Lipinski definition) is 1. The van der Waals surface area contributed by atoms with Gasteiger partial charge in [-0.3, -0.25) is 0 Å². The Morgan fingerprint density at radius 2 is 2.27 bits per heavy atom. The maximum atomic E-state index is 12.9. The van der Waals surface area contributed by atoms with Crippen LogP contribution >= 0.6 is 0 Å². The lowest BCUT2D eigenvalue weighted by atomic mass is 10.2. The van der Waals surface area contributed by atoms with E-state index in [9.17, 15) is 4.39 Å². The fourth-order valence-corrected chi connectivity index (χ4v) is 1.35. The molecular formula is C10H10FN3O. The largest absolute Gasteiger partial charge is 0.388 e. The van der Waals surface area contributed by atoms with Gasteiger partial charge in [-0.2, -0.15) is 5.10 Å². The zero-order valence-corrected chi connectivity index (χ0v) is 7.97. The van der Waals surface area contributed by atoms with Gasteiger partial charge in [-0.1, -0.05) is 12.1 Å². The minimum atomic E-state index is -0.279. The SMILES string of the molecule is OCc1ncnn1Cc1cccc(F)c1. The number of aromatic nitrogens is 3. The monoisotopic (exact) mass is 207 g/mol. The summed E-state index contributed by atoms with van der Waals surface area (Å²) in [5.41, 5.74) is 0.787. The van der Waals surface area contributed by atoms with Crippen molar-refractivity contribution in [2.24, 2.45) is 0 Å². The van der Waals surface area contributed by atoms with Crippen molar-refractivity contribution in [1.82, 2.24) is 14.8 Å². The Bertz CT molecular complexity index is 455. The van der Waals surface area contributed by atoms with Gasteiger partial charge in [-0.25, -0.2) is 14.1 Å². The second kappa shape index (κ2) is 4.18. The molecule has 1 aromatic heterocycles. The van der Waals surface area contributed by atoms with Crippen LogP contribution in [0.15, 0.2) is 30.6 Å². The minimum Gasteiger partial charge on any atom is -0.388 e. The number of hydrogen-bond acceptors (Lipinski definition) is 3. The average Bonchev–Trinajstić information content (AvgIpc) is 2.65. The summed E-state index contributed by atoms with van der Waals surface area (Å²) in [6, 6.07) is 6.26. The Hall–Kier alpha value is -1.75. The maximum absolute atomic E-state index is 12.9. The van der Waals surface area contributed by atoms with Gasteiger partial charge in [0.1, 0.15) is 18.8 Å². The van der Waals surface area contributed by atoms with E-state index >= 15 is 0 Å². The zero-order valence-electron chi connectivity index (χ0n) is 7.97. The molecule has 0 radical (unpaired) electrons. The predicted octanol–water partition coefficient (Wildman–Crippen LogP) is 0.958. The molecule has 0 atom stereocenters. The van der Waals surface area contributed by atoms with E-state index in [1.54, 1.807) is 12.1 Å². The minimum absolute atomic E-state index is 0.171. The molecule has 4 nitrogen and oxygen atoms in total. The van der Waals surface area contributed by atoms with E-state index in [0.29, 0.717) is 12.4 Å². The highest BCUT2D eigenvalue weighted by atomic mass is 19.1. The lowest BCUT2D eigenvalue weighted by Crippen LogP contribution is -2.07. The summed E-state index contributed by atoms with van der Waals surface area (Å²) in [6.07, 6.45) is 1.37. The molecule has 0 saturated carbocycles. The molecule has 0 aliphatic heterocycles. The van der Waals surface area contributed by atoms with Crippen molar-refractivity contribution in [3.8, 4) is 0 Å². The topological polar surface area (TPSA) is 50.9 Å². The Morgan fingerprint density at radius 3 is 3.00 bits per heavy atom. The first-order valence-corrected chi connectivity index (χ1v) is 4.51. The molecular weight excluding hydrogens is 197 g/mol. The molecule has 2 rings (SSSR count). The molecule has 0 amide bonds. The highest BCUT2D eigenvalue weighted by Crippen LogP contribution is 2.06. The van der Waals surface area contributed by atoms with Crippen LogP contribution < -0.4 is 0 Å². The highest BCUT2D eigenvalue weighted by molar-refractivity contribution is 5.16. The molecule has 5 heteroatoms. The quantitative estimate of drug-likeness (QED) is 0.815. The molecule has 0 aliphatic rings. The molecule has 0 saturated heterocycles. The van der Waals surface area contributed by atoms with Gasteiger partial charge in [-0.15, -0.1) is 0 Å². The zero-order chi connectivity index (χ0) is 10.7. The predicted molar refractivity (Wildman–Crippen MR) is 51.4 cm³/mol. The summed E-state index contributed by atoms with van der Waals surface area (Å²) in [5, 5.41) is 12.9. The van der Waals surface area contributed by atoms with Gasteiger partial charge in [0, 0.05) is 0 Å². The van der Waals surface area contributed by atoms with Crippen molar-refractivity contribution in [2.45, 2.75) is 13.2 Å². The van der Waals surface area contributed by atoms with Crippen molar-refractivity contribution in [1.29, 1.82) is 0 Å². The molecule has 0 unspecified atom stereocenters. The number of rotatable bonds is 3. The first-order valence-electron chi connectivity index (χ1n) is 4.51. The second-order valence-corrected chi connectivity index (χ2v) is 3.12. The summed E-state index contributed by atoms with van der Waals surface area (Å²) in [7, 11) is 0. The second-order valence-electron chi connectivity index (χ2n) is 3.12.